The first-order chi connectivity index (χ1) is 8.97. The fraction of sp³-hybridized carbons (Fsp3) is 0.143. The molecule has 4 nitrogen and oxygen atoms in total. The van der Waals surface area contributed by atoms with E-state index in [1.54, 1.807) is 24.3 Å². The lowest BCUT2D eigenvalue weighted by Crippen LogP contribution is -2.01. The summed E-state index contributed by atoms with van der Waals surface area (Å²) >= 11 is 5.94. The van der Waals surface area contributed by atoms with Crippen molar-refractivity contribution in [3.05, 3.63) is 52.2 Å². The first kappa shape index (κ1) is 13.4. The van der Waals surface area contributed by atoms with Crippen LogP contribution < -0.4 is 4.74 Å². The molecule has 0 saturated carbocycles. The van der Waals surface area contributed by atoms with Crippen LogP contribution in [0, 0.1) is 13.8 Å². The van der Waals surface area contributed by atoms with Gasteiger partial charge in [-0.15, -0.1) is 0 Å². The van der Waals surface area contributed by atoms with Gasteiger partial charge in [-0.2, -0.15) is 0 Å². The first-order valence-electron chi connectivity index (χ1n) is 5.62. The maximum absolute atomic E-state index is 10.8. The summed E-state index contributed by atoms with van der Waals surface area (Å²) in [5.74, 6) is -0.206. The van der Waals surface area contributed by atoms with Crippen molar-refractivity contribution in [1.82, 2.24) is 4.98 Å². The smallest absolute Gasteiger partial charge is 0.354 e. The number of carboxylic acids is 1. The molecule has 1 aromatic carbocycles. The molecule has 1 heterocycles. The molecular formula is C14H12ClNO3. The number of nitrogens with zero attached hydrogens (tertiary/aromatic N) is 1. The van der Waals surface area contributed by atoms with Gasteiger partial charge in [-0.1, -0.05) is 17.7 Å². The molecule has 0 aliphatic rings. The van der Waals surface area contributed by atoms with Gasteiger partial charge >= 0.3 is 5.97 Å². The number of aryl methyl sites for hydroxylation is 2. The van der Waals surface area contributed by atoms with Crippen LogP contribution in [0.5, 0.6) is 11.6 Å². The fourth-order valence-electron chi connectivity index (χ4n) is 1.75. The topological polar surface area (TPSA) is 59.4 Å². The van der Waals surface area contributed by atoms with Gasteiger partial charge in [0.25, 0.3) is 0 Å². The zero-order chi connectivity index (χ0) is 14.0. The third-order valence-electron chi connectivity index (χ3n) is 2.57. The molecule has 0 fully saturated rings. The standard InChI is InChI=1S/C14H12ClNO3/c1-8-6-10(15)7-9(2)13(8)19-12-5-3-4-11(16-12)14(17)18/h3-7H,1-2H3,(H,17,18). The Morgan fingerprint density at radius 1 is 1.26 bits per heavy atom. The Hall–Kier alpha value is -2.07. The molecule has 0 spiro atoms. The van der Waals surface area contributed by atoms with E-state index in [2.05, 4.69) is 4.98 Å². The van der Waals surface area contributed by atoms with Gasteiger partial charge in [0.05, 0.1) is 0 Å². The van der Waals surface area contributed by atoms with Crippen molar-refractivity contribution in [3.63, 3.8) is 0 Å². The van der Waals surface area contributed by atoms with Crippen LogP contribution in [0.15, 0.2) is 30.3 Å². The van der Waals surface area contributed by atoms with Gasteiger partial charge in [-0.3, -0.25) is 0 Å². The van der Waals surface area contributed by atoms with Crippen molar-refractivity contribution in [3.8, 4) is 11.6 Å². The SMILES string of the molecule is Cc1cc(Cl)cc(C)c1Oc1cccc(C(=O)O)n1. The van der Waals surface area contributed by atoms with Crippen molar-refractivity contribution in [2.24, 2.45) is 0 Å². The van der Waals surface area contributed by atoms with Crippen LogP contribution in [0.3, 0.4) is 0 Å². The van der Waals surface area contributed by atoms with Gasteiger partial charge in [0.15, 0.2) is 5.69 Å². The molecule has 1 aromatic heterocycles. The summed E-state index contributed by atoms with van der Waals surface area (Å²) in [5.41, 5.74) is 1.68. The number of hydrogen-bond donors (Lipinski definition) is 1. The summed E-state index contributed by atoms with van der Waals surface area (Å²) in [6, 6.07) is 8.18. The Balaban J connectivity index is 2.36. The Morgan fingerprint density at radius 2 is 1.89 bits per heavy atom. The van der Waals surface area contributed by atoms with Crippen LogP contribution in [0.2, 0.25) is 5.02 Å². The number of carboxylic acid groups (broad SMARTS) is 1. The van der Waals surface area contributed by atoms with E-state index in [-0.39, 0.29) is 11.6 Å². The van der Waals surface area contributed by atoms with Crippen LogP contribution in [0.4, 0.5) is 0 Å². The van der Waals surface area contributed by atoms with Crippen LogP contribution in [-0.2, 0) is 0 Å². The molecule has 0 bridgehead atoms. The Labute approximate surface area is 115 Å². The second kappa shape index (κ2) is 5.28. The third-order valence-corrected chi connectivity index (χ3v) is 2.79. The molecule has 19 heavy (non-hydrogen) atoms. The van der Waals surface area contributed by atoms with E-state index in [1.165, 1.54) is 6.07 Å². The summed E-state index contributed by atoms with van der Waals surface area (Å²) in [4.78, 5) is 14.8. The minimum Gasteiger partial charge on any atom is -0.477 e. The molecule has 98 valence electrons. The Kier molecular flexibility index (Phi) is 3.71. The number of halogens is 1. The minimum absolute atomic E-state index is 0.0539. The van der Waals surface area contributed by atoms with Crippen LogP contribution in [-0.4, -0.2) is 16.1 Å². The molecular weight excluding hydrogens is 266 g/mol. The van der Waals surface area contributed by atoms with Gasteiger partial charge in [0, 0.05) is 11.1 Å². The highest BCUT2D eigenvalue weighted by atomic mass is 35.5. The lowest BCUT2D eigenvalue weighted by Gasteiger charge is -2.11. The van der Waals surface area contributed by atoms with Gasteiger partial charge < -0.3 is 9.84 Å². The summed E-state index contributed by atoms with van der Waals surface area (Å²) < 4.78 is 5.65. The number of ether oxygens (including phenoxy) is 1. The monoisotopic (exact) mass is 277 g/mol. The summed E-state index contributed by atoms with van der Waals surface area (Å²) in [6.07, 6.45) is 0. The molecule has 0 amide bonds. The normalized spacial score (nSPS) is 10.3. The summed E-state index contributed by atoms with van der Waals surface area (Å²) in [5, 5.41) is 9.52. The van der Waals surface area contributed by atoms with Gasteiger partial charge in [0.2, 0.25) is 5.88 Å². The molecule has 0 aliphatic carbocycles. The number of pyridine rings is 1. The van der Waals surface area contributed by atoms with E-state index in [4.69, 9.17) is 21.4 Å². The molecule has 0 saturated heterocycles. The molecule has 0 unspecified atom stereocenters. The quantitative estimate of drug-likeness (QED) is 0.926. The average molecular weight is 278 g/mol. The van der Waals surface area contributed by atoms with E-state index in [0.29, 0.717) is 10.8 Å². The highest BCUT2D eigenvalue weighted by molar-refractivity contribution is 6.30. The second-order valence-electron chi connectivity index (χ2n) is 4.14. The van der Waals surface area contributed by atoms with E-state index in [0.717, 1.165) is 11.1 Å². The van der Waals surface area contributed by atoms with E-state index in [9.17, 15) is 4.79 Å². The first-order valence-corrected chi connectivity index (χ1v) is 6.00. The van der Waals surface area contributed by atoms with Crippen molar-refractivity contribution in [2.45, 2.75) is 13.8 Å². The maximum atomic E-state index is 10.8. The molecule has 0 aliphatic heterocycles. The largest absolute Gasteiger partial charge is 0.477 e. The van der Waals surface area contributed by atoms with Crippen molar-refractivity contribution in [2.75, 3.05) is 0 Å². The Bertz CT molecular complexity index is 617. The molecule has 2 rings (SSSR count). The summed E-state index contributed by atoms with van der Waals surface area (Å²) in [6.45, 7) is 3.74. The number of aromatic nitrogens is 1. The van der Waals surface area contributed by atoms with Crippen molar-refractivity contribution in [1.29, 1.82) is 0 Å². The highest BCUT2D eigenvalue weighted by Crippen LogP contribution is 2.30. The molecule has 0 radical (unpaired) electrons. The van der Waals surface area contributed by atoms with Crippen molar-refractivity contribution < 1.29 is 14.6 Å². The van der Waals surface area contributed by atoms with Gasteiger partial charge in [-0.25, -0.2) is 9.78 Å². The van der Waals surface area contributed by atoms with E-state index in [1.807, 2.05) is 13.8 Å². The average Bonchev–Trinajstić information content (AvgIpc) is 2.34. The predicted octanol–water partition coefficient (Wildman–Crippen LogP) is 3.84. The van der Waals surface area contributed by atoms with Gasteiger partial charge in [-0.05, 0) is 43.2 Å². The number of aromatic carboxylic acids is 1. The second-order valence-corrected chi connectivity index (χ2v) is 4.57. The fourth-order valence-corrected chi connectivity index (χ4v) is 2.08. The number of hydrogen-bond acceptors (Lipinski definition) is 3. The molecule has 1 N–H and O–H groups in total. The Morgan fingerprint density at radius 3 is 2.47 bits per heavy atom. The number of carbonyl (C=O) groups is 1. The number of benzene rings is 1. The molecule has 5 heteroatoms. The number of rotatable bonds is 3. The maximum Gasteiger partial charge on any atom is 0.354 e. The summed E-state index contributed by atoms with van der Waals surface area (Å²) in [7, 11) is 0. The highest BCUT2D eigenvalue weighted by Gasteiger charge is 2.10. The van der Waals surface area contributed by atoms with Gasteiger partial charge in [0.1, 0.15) is 5.75 Å². The zero-order valence-electron chi connectivity index (χ0n) is 10.5. The van der Waals surface area contributed by atoms with E-state index >= 15 is 0 Å². The lowest BCUT2D eigenvalue weighted by atomic mass is 10.1. The van der Waals surface area contributed by atoms with Crippen LogP contribution >= 0.6 is 11.6 Å². The minimum atomic E-state index is -1.09. The van der Waals surface area contributed by atoms with Crippen LogP contribution in [0.25, 0.3) is 0 Å². The molecule has 0 atom stereocenters. The molecule has 2 aromatic rings. The van der Waals surface area contributed by atoms with Crippen molar-refractivity contribution >= 4 is 17.6 Å². The zero-order valence-corrected chi connectivity index (χ0v) is 11.2. The third kappa shape index (κ3) is 3.03. The predicted molar refractivity (Wildman–Crippen MR) is 72.2 cm³/mol. The lowest BCUT2D eigenvalue weighted by molar-refractivity contribution is 0.0689. The van der Waals surface area contributed by atoms with E-state index < -0.39 is 5.97 Å². The van der Waals surface area contributed by atoms with Crippen LogP contribution in [0.1, 0.15) is 21.6 Å².